The van der Waals surface area contributed by atoms with Gasteiger partial charge in [0.1, 0.15) is 5.82 Å². The summed E-state index contributed by atoms with van der Waals surface area (Å²) < 4.78 is 2.32. The van der Waals surface area contributed by atoms with Crippen LogP contribution in [0.2, 0.25) is 0 Å². The van der Waals surface area contributed by atoms with Gasteiger partial charge in [-0.1, -0.05) is 140 Å². The molecule has 6 aromatic carbocycles. The van der Waals surface area contributed by atoms with Crippen LogP contribution in [0.25, 0.3) is 94.6 Å². The molecule has 0 fully saturated rings. The highest BCUT2D eigenvalue weighted by atomic mass is 15.1. The van der Waals surface area contributed by atoms with E-state index in [0.29, 0.717) is 17.5 Å². The van der Waals surface area contributed by atoms with Gasteiger partial charge in [-0.15, -0.1) is 0 Å². The van der Waals surface area contributed by atoms with Crippen LogP contribution in [0.15, 0.2) is 164 Å². The van der Waals surface area contributed by atoms with Crippen LogP contribution in [0.1, 0.15) is 18.1 Å². The lowest BCUT2D eigenvalue weighted by Crippen LogP contribution is -2.06. The molecule has 10 rings (SSSR count). The second kappa shape index (κ2) is 11.8. The van der Waals surface area contributed by atoms with Crippen molar-refractivity contribution in [3.63, 3.8) is 0 Å². The van der Waals surface area contributed by atoms with Crippen LogP contribution in [0, 0.1) is 0 Å². The van der Waals surface area contributed by atoms with Crippen LogP contribution >= 0.6 is 0 Å². The van der Waals surface area contributed by atoms with Gasteiger partial charge in [-0.25, -0.2) is 19.9 Å². The summed E-state index contributed by atoms with van der Waals surface area (Å²) in [7, 11) is 0. The molecular formula is C47H31N5. The van der Waals surface area contributed by atoms with Crippen LogP contribution in [-0.4, -0.2) is 24.5 Å². The molecule has 0 amide bonds. The number of fused-ring (bicyclic) bond motifs is 1. The lowest BCUT2D eigenvalue weighted by Gasteiger charge is -2.16. The van der Waals surface area contributed by atoms with Crippen molar-refractivity contribution in [2.75, 3.05) is 0 Å². The maximum atomic E-state index is 5.45. The van der Waals surface area contributed by atoms with Gasteiger partial charge in [0.25, 0.3) is 0 Å². The summed E-state index contributed by atoms with van der Waals surface area (Å²) in [6.45, 7) is 6.19. The van der Waals surface area contributed by atoms with Gasteiger partial charge in [0, 0.05) is 27.3 Å². The number of rotatable bonds is 6. The molecule has 52 heavy (non-hydrogen) atoms. The van der Waals surface area contributed by atoms with Crippen molar-refractivity contribution in [1.29, 1.82) is 0 Å². The normalized spacial score (nSPS) is 12.6. The Hall–Kier alpha value is -6.98. The molecule has 0 saturated carbocycles. The van der Waals surface area contributed by atoms with Gasteiger partial charge in [0.05, 0.1) is 22.1 Å². The Labute approximate surface area is 300 Å². The third-order valence-corrected chi connectivity index (χ3v) is 10.2. The lowest BCUT2D eigenvalue weighted by atomic mass is 9.93. The molecule has 0 saturated heterocycles. The van der Waals surface area contributed by atoms with E-state index in [1.807, 2.05) is 84.9 Å². The summed E-state index contributed by atoms with van der Waals surface area (Å²) in [6, 6.07) is 48.3. The fourth-order valence-electron chi connectivity index (χ4n) is 7.79. The molecule has 0 unspecified atom stereocenters. The molecule has 0 atom stereocenters. The van der Waals surface area contributed by atoms with E-state index in [9.17, 15) is 0 Å². The summed E-state index contributed by atoms with van der Waals surface area (Å²) in [5.41, 5.74) is 10.5. The summed E-state index contributed by atoms with van der Waals surface area (Å²) in [4.78, 5) is 20.8. The van der Waals surface area contributed by atoms with Crippen molar-refractivity contribution in [3.8, 4) is 40.0 Å². The van der Waals surface area contributed by atoms with E-state index in [2.05, 4.69) is 90.9 Å². The molecule has 0 aliphatic heterocycles. The Morgan fingerprint density at radius 1 is 0.519 bits per heavy atom. The highest BCUT2D eigenvalue weighted by Gasteiger charge is 2.26. The number of para-hydroxylation sites is 1. The van der Waals surface area contributed by atoms with E-state index >= 15 is 0 Å². The van der Waals surface area contributed by atoms with Crippen molar-refractivity contribution >= 4 is 54.6 Å². The first-order valence-corrected chi connectivity index (χ1v) is 17.4. The highest BCUT2D eigenvalue weighted by molar-refractivity contribution is 6.29. The van der Waals surface area contributed by atoms with Crippen LogP contribution < -0.4 is 0 Å². The van der Waals surface area contributed by atoms with Gasteiger partial charge in [-0.2, -0.15) is 0 Å². The fourth-order valence-corrected chi connectivity index (χ4v) is 7.79. The number of pyridine rings is 1. The Morgan fingerprint density at radius 3 is 1.90 bits per heavy atom. The molecule has 0 radical (unpaired) electrons. The number of nitrogens with zero attached hydrogens (tertiary/aromatic N) is 5. The monoisotopic (exact) mass is 665 g/mol. The van der Waals surface area contributed by atoms with Crippen molar-refractivity contribution in [2.45, 2.75) is 6.92 Å². The van der Waals surface area contributed by atoms with Crippen LogP contribution in [0.5, 0.6) is 0 Å². The molecule has 3 aromatic heterocycles. The minimum atomic E-state index is 0.564. The molecule has 0 N–H and O–H groups in total. The summed E-state index contributed by atoms with van der Waals surface area (Å²) in [6.07, 6.45) is 6.06. The Morgan fingerprint density at radius 2 is 1.15 bits per heavy atom. The first-order valence-electron chi connectivity index (χ1n) is 17.4. The van der Waals surface area contributed by atoms with E-state index in [-0.39, 0.29) is 0 Å². The van der Waals surface area contributed by atoms with Crippen LogP contribution in [0.4, 0.5) is 0 Å². The van der Waals surface area contributed by atoms with Gasteiger partial charge in [-0.05, 0) is 64.2 Å². The van der Waals surface area contributed by atoms with Crippen LogP contribution in [0.3, 0.4) is 0 Å². The lowest BCUT2D eigenvalue weighted by molar-refractivity contribution is 1.05. The second-order valence-electron chi connectivity index (χ2n) is 13.1. The Bertz CT molecular complexity index is 2910. The van der Waals surface area contributed by atoms with Gasteiger partial charge in [-0.3, -0.25) is 4.57 Å². The predicted octanol–water partition coefficient (Wildman–Crippen LogP) is 11.7. The smallest absolute Gasteiger partial charge is 0.167 e. The number of benzene rings is 6. The third-order valence-electron chi connectivity index (χ3n) is 10.2. The van der Waals surface area contributed by atoms with Crippen molar-refractivity contribution in [1.82, 2.24) is 24.5 Å². The minimum Gasteiger partial charge on any atom is -0.293 e. The SMILES string of the molecule is C=C/C=C\C1=C(C)c2cccc3c2c2c4c1cccc4ccc2n3-c1nc2ccccc2cc1-c1nc(-c2ccccc2)nc(-c2ccccc2)n1. The summed E-state index contributed by atoms with van der Waals surface area (Å²) in [5, 5.41) is 5.87. The topological polar surface area (TPSA) is 56.5 Å². The van der Waals surface area contributed by atoms with E-state index in [0.717, 1.165) is 44.4 Å². The largest absolute Gasteiger partial charge is 0.293 e. The zero-order valence-electron chi connectivity index (χ0n) is 28.5. The molecule has 5 nitrogen and oxygen atoms in total. The molecule has 0 bridgehead atoms. The molecule has 3 heterocycles. The average Bonchev–Trinajstić information content (AvgIpc) is 3.50. The average molecular weight is 666 g/mol. The fraction of sp³-hybridized carbons (Fsp3) is 0.0213. The van der Waals surface area contributed by atoms with E-state index in [1.54, 1.807) is 0 Å². The van der Waals surface area contributed by atoms with Crippen molar-refractivity contribution < 1.29 is 0 Å². The van der Waals surface area contributed by atoms with E-state index in [1.165, 1.54) is 43.8 Å². The molecule has 244 valence electrons. The first-order chi connectivity index (χ1) is 25.7. The molecule has 5 heteroatoms. The quantitative estimate of drug-likeness (QED) is 0.166. The third kappa shape index (κ3) is 4.56. The van der Waals surface area contributed by atoms with E-state index in [4.69, 9.17) is 19.9 Å². The van der Waals surface area contributed by atoms with Gasteiger partial charge in [0.2, 0.25) is 0 Å². The molecule has 0 spiro atoms. The first kappa shape index (κ1) is 29.9. The van der Waals surface area contributed by atoms with E-state index < -0.39 is 0 Å². The van der Waals surface area contributed by atoms with Gasteiger partial charge >= 0.3 is 0 Å². The summed E-state index contributed by atoms with van der Waals surface area (Å²) in [5.74, 6) is 2.55. The maximum absolute atomic E-state index is 5.45. The zero-order valence-corrected chi connectivity index (χ0v) is 28.5. The number of allylic oxidation sites excluding steroid dienone is 5. The Balaban J connectivity index is 1.34. The van der Waals surface area contributed by atoms with Gasteiger partial charge in [0.15, 0.2) is 17.5 Å². The summed E-state index contributed by atoms with van der Waals surface area (Å²) >= 11 is 0. The minimum absolute atomic E-state index is 0.564. The van der Waals surface area contributed by atoms with Crippen molar-refractivity contribution in [2.24, 2.45) is 0 Å². The standard InChI is InChI=1S/C47H31N5/c1-3-4-21-34-29(2)35-22-14-25-39-42(35)43-40(27-26-30-20-13-23-36(34)41(30)43)52(39)47-37(28-33-19-11-12-24-38(33)48-47)46-50-44(31-15-7-5-8-16-31)49-45(51-46)32-17-9-6-10-18-32/h3-28H,1H2,2H3/b21-4-. The number of aromatic nitrogens is 5. The number of hydrogen-bond donors (Lipinski definition) is 0. The molecule has 1 aliphatic rings. The molecule has 9 aromatic rings. The van der Waals surface area contributed by atoms with Crippen molar-refractivity contribution in [3.05, 3.63) is 175 Å². The zero-order chi connectivity index (χ0) is 34.8. The maximum Gasteiger partial charge on any atom is 0.167 e. The predicted molar refractivity (Wildman–Crippen MR) is 215 cm³/mol. The van der Waals surface area contributed by atoms with Crippen LogP contribution in [-0.2, 0) is 0 Å². The highest BCUT2D eigenvalue weighted by Crippen LogP contribution is 2.47. The van der Waals surface area contributed by atoms with Gasteiger partial charge < -0.3 is 0 Å². The molecule has 1 aliphatic carbocycles. The number of hydrogen-bond acceptors (Lipinski definition) is 4. The Kier molecular flexibility index (Phi) is 6.80. The molecular weight excluding hydrogens is 635 g/mol. The second-order valence-corrected chi connectivity index (χ2v) is 13.1.